The summed E-state index contributed by atoms with van der Waals surface area (Å²) in [5, 5.41) is 0. The van der Waals surface area contributed by atoms with Gasteiger partial charge in [-0.3, -0.25) is 4.79 Å². The van der Waals surface area contributed by atoms with Gasteiger partial charge in [0.15, 0.2) is 0 Å². The third-order valence-corrected chi connectivity index (χ3v) is 3.68. The summed E-state index contributed by atoms with van der Waals surface area (Å²) in [5.41, 5.74) is 7.31. The van der Waals surface area contributed by atoms with E-state index < -0.39 is 0 Å². The Balaban J connectivity index is 2.39. The van der Waals surface area contributed by atoms with Crippen molar-refractivity contribution in [2.75, 3.05) is 7.11 Å². The lowest BCUT2D eigenvalue weighted by atomic mass is 9.89. The fourth-order valence-electron chi connectivity index (χ4n) is 2.78. The Morgan fingerprint density at radius 1 is 1.42 bits per heavy atom. The van der Waals surface area contributed by atoms with Gasteiger partial charge >= 0.3 is 0 Å². The van der Waals surface area contributed by atoms with Crippen molar-refractivity contribution >= 4 is 5.91 Å². The number of piperidine rings is 1. The van der Waals surface area contributed by atoms with E-state index in [2.05, 4.69) is 0 Å². The van der Waals surface area contributed by atoms with Crippen LogP contribution in [0, 0.1) is 0 Å². The molecule has 104 valence electrons. The minimum absolute atomic E-state index is 0.0211. The highest BCUT2D eigenvalue weighted by molar-refractivity contribution is 5.78. The Bertz CT molecular complexity index is 459. The third kappa shape index (κ3) is 2.73. The molecule has 4 nitrogen and oxygen atoms in total. The summed E-state index contributed by atoms with van der Waals surface area (Å²) in [6.07, 6.45) is 1.28. The molecule has 1 aromatic carbocycles. The highest BCUT2D eigenvalue weighted by atomic mass is 16.5. The standard InChI is InChI=1S/C15H22N2O2/c1-10(2)17-14(18)8-7-13(16)15(17)11-5-4-6-12(9-11)19-3/h4-6,9-10,13,15H,7-8,16H2,1-3H3. The first kappa shape index (κ1) is 13.9. The summed E-state index contributed by atoms with van der Waals surface area (Å²) < 4.78 is 5.26. The lowest BCUT2D eigenvalue weighted by molar-refractivity contribution is -0.139. The van der Waals surface area contributed by atoms with Gasteiger partial charge in [-0.1, -0.05) is 12.1 Å². The van der Waals surface area contributed by atoms with E-state index in [1.807, 2.05) is 43.0 Å². The number of nitrogens with zero attached hydrogens (tertiary/aromatic N) is 1. The quantitative estimate of drug-likeness (QED) is 0.907. The lowest BCUT2D eigenvalue weighted by Gasteiger charge is -2.42. The second-order valence-corrected chi connectivity index (χ2v) is 5.32. The van der Waals surface area contributed by atoms with E-state index in [9.17, 15) is 4.79 Å². The molecule has 1 amide bonds. The van der Waals surface area contributed by atoms with Gasteiger partial charge < -0.3 is 15.4 Å². The van der Waals surface area contributed by atoms with Gasteiger partial charge in [-0.15, -0.1) is 0 Å². The molecule has 2 rings (SSSR count). The van der Waals surface area contributed by atoms with E-state index in [4.69, 9.17) is 10.5 Å². The van der Waals surface area contributed by atoms with Gasteiger partial charge in [0.1, 0.15) is 5.75 Å². The number of carbonyl (C=O) groups is 1. The minimum Gasteiger partial charge on any atom is -0.497 e. The maximum absolute atomic E-state index is 12.2. The largest absolute Gasteiger partial charge is 0.497 e. The number of nitrogens with two attached hydrogens (primary N) is 1. The normalized spacial score (nSPS) is 23.8. The number of likely N-dealkylation sites (tertiary alicyclic amines) is 1. The van der Waals surface area contributed by atoms with Gasteiger partial charge in [0, 0.05) is 18.5 Å². The molecule has 0 aromatic heterocycles. The van der Waals surface area contributed by atoms with Crippen LogP contribution >= 0.6 is 0 Å². The lowest BCUT2D eigenvalue weighted by Crippen LogP contribution is -2.51. The second-order valence-electron chi connectivity index (χ2n) is 5.32. The maximum atomic E-state index is 12.2. The number of methoxy groups -OCH3 is 1. The Morgan fingerprint density at radius 2 is 2.16 bits per heavy atom. The number of rotatable bonds is 3. The van der Waals surface area contributed by atoms with Crippen molar-refractivity contribution in [3.05, 3.63) is 29.8 Å². The fraction of sp³-hybridized carbons (Fsp3) is 0.533. The van der Waals surface area contributed by atoms with Gasteiger partial charge in [0.25, 0.3) is 0 Å². The topological polar surface area (TPSA) is 55.6 Å². The van der Waals surface area contributed by atoms with Crippen molar-refractivity contribution in [1.29, 1.82) is 0 Å². The number of benzene rings is 1. The van der Waals surface area contributed by atoms with Crippen molar-refractivity contribution in [1.82, 2.24) is 4.90 Å². The second kappa shape index (κ2) is 5.61. The predicted molar refractivity (Wildman–Crippen MR) is 74.9 cm³/mol. The van der Waals surface area contributed by atoms with Gasteiger partial charge in [0.2, 0.25) is 5.91 Å². The minimum atomic E-state index is -0.0589. The summed E-state index contributed by atoms with van der Waals surface area (Å²) in [6, 6.07) is 7.90. The molecule has 1 saturated heterocycles. The van der Waals surface area contributed by atoms with Crippen LogP contribution in [0.3, 0.4) is 0 Å². The van der Waals surface area contributed by atoms with E-state index in [1.165, 1.54) is 0 Å². The van der Waals surface area contributed by atoms with Gasteiger partial charge in [-0.25, -0.2) is 0 Å². The first-order valence-corrected chi connectivity index (χ1v) is 6.75. The molecule has 0 saturated carbocycles. The molecule has 1 aromatic rings. The molecule has 19 heavy (non-hydrogen) atoms. The van der Waals surface area contributed by atoms with Crippen molar-refractivity contribution < 1.29 is 9.53 Å². The van der Waals surface area contributed by atoms with Crippen LogP contribution in [0.5, 0.6) is 5.75 Å². The van der Waals surface area contributed by atoms with Crippen molar-refractivity contribution in [3.63, 3.8) is 0 Å². The Labute approximate surface area is 114 Å². The molecule has 4 heteroatoms. The average molecular weight is 262 g/mol. The number of amides is 1. The Hall–Kier alpha value is -1.55. The molecule has 0 bridgehead atoms. The Morgan fingerprint density at radius 3 is 2.79 bits per heavy atom. The highest BCUT2D eigenvalue weighted by Gasteiger charge is 2.36. The van der Waals surface area contributed by atoms with Crippen molar-refractivity contribution in [2.24, 2.45) is 5.73 Å². The third-order valence-electron chi connectivity index (χ3n) is 3.68. The highest BCUT2D eigenvalue weighted by Crippen LogP contribution is 2.33. The van der Waals surface area contributed by atoms with Crippen LogP contribution in [0.15, 0.2) is 24.3 Å². The predicted octanol–water partition coefficient (Wildman–Crippen LogP) is 2.09. The fourth-order valence-corrected chi connectivity index (χ4v) is 2.78. The number of ether oxygens (including phenoxy) is 1. The van der Waals surface area contributed by atoms with Crippen molar-refractivity contribution in [3.8, 4) is 5.75 Å². The Kier molecular flexibility index (Phi) is 4.10. The molecular weight excluding hydrogens is 240 g/mol. The van der Waals surface area contributed by atoms with Gasteiger partial charge in [-0.05, 0) is 38.0 Å². The summed E-state index contributed by atoms with van der Waals surface area (Å²) >= 11 is 0. The number of hydrogen-bond acceptors (Lipinski definition) is 3. The van der Waals surface area contributed by atoms with E-state index >= 15 is 0 Å². The van der Waals surface area contributed by atoms with Gasteiger partial charge in [0.05, 0.1) is 13.2 Å². The van der Waals surface area contributed by atoms with E-state index in [-0.39, 0.29) is 24.0 Å². The number of carbonyl (C=O) groups excluding carboxylic acids is 1. The SMILES string of the molecule is COc1cccc(C2C(N)CCC(=O)N2C(C)C)c1. The van der Waals surface area contributed by atoms with Crippen LogP contribution in [-0.2, 0) is 4.79 Å². The first-order valence-electron chi connectivity index (χ1n) is 6.75. The van der Waals surface area contributed by atoms with Crippen LogP contribution in [0.1, 0.15) is 38.3 Å². The van der Waals surface area contributed by atoms with Crippen LogP contribution in [0.25, 0.3) is 0 Å². The zero-order chi connectivity index (χ0) is 14.0. The zero-order valence-electron chi connectivity index (χ0n) is 11.8. The van der Waals surface area contributed by atoms with Crippen molar-refractivity contribution in [2.45, 2.75) is 44.8 Å². The monoisotopic (exact) mass is 262 g/mol. The smallest absolute Gasteiger partial charge is 0.223 e. The molecule has 2 unspecified atom stereocenters. The van der Waals surface area contributed by atoms with E-state index in [1.54, 1.807) is 7.11 Å². The van der Waals surface area contributed by atoms with Gasteiger partial charge in [-0.2, -0.15) is 0 Å². The zero-order valence-corrected chi connectivity index (χ0v) is 11.8. The molecule has 0 radical (unpaired) electrons. The summed E-state index contributed by atoms with van der Waals surface area (Å²) in [7, 11) is 1.64. The van der Waals surface area contributed by atoms with Crippen LogP contribution in [0.2, 0.25) is 0 Å². The molecule has 1 fully saturated rings. The average Bonchev–Trinajstić information content (AvgIpc) is 2.40. The molecule has 0 aliphatic carbocycles. The first-order chi connectivity index (χ1) is 9.04. The molecule has 2 atom stereocenters. The molecule has 2 N–H and O–H groups in total. The molecule has 1 aliphatic rings. The van der Waals surface area contributed by atoms with Crippen LogP contribution in [-0.4, -0.2) is 30.0 Å². The van der Waals surface area contributed by atoms with Crippen LogP contribution < -0.4 is 10.5 Å². The maximum Gasteiger partial charge on any atom is 0.223 e. The molecule has 0 spiro atoms. The summed E-state index contributed by atoms with van der Waals surface area (Å²) in [4.78, 5) is 14.1. The van der Waals surface area contributed by atoms with Crippen LogP contribution in [0.4, 0.5) is 0 Å². The molecule has 1 aliphatic heterocycles. The number of hydrogen-bond donors (Lipinski definition) is 1. The summed E-state index contributed by atoms with van der Waals surface area (Å²) in [5.74, 6) is 0.982. The van der Waals surface area contributed by atoms with E-state index in [0.717, 1.165) is 17.7 Å². The summed E-state index contributed by atoms with van der Waals surface area (Å²) in [6.45, 7) is 4.06. The molecule has 1 heterocycles. The molecular formula is C15H22N2O2. The van der Waals surface area contributed by atoms with E-state index in [0.29, 0.717) is 6.42 Å².